The van der Waals surface area contributed by atoms with Gasteiger partial charge in [0, 0.05) is 16.3 Å². The second-order valence-corrected chi connectivity index (χ2v) is 7.93. The molecule has 1 saturated carbocycles. The Balaban J connectivity index is 1.74. The number of hydrogen-bond acceptors (Lipinski definition) is 3. The minimum absolute atomic E-state index is 0.107. The minimum atomic E-state index is -0.208. The first-order valence-corrected chi connectivity index (χ1v) is 8.48. The minimum Gasteiger partial charge on any atom is -0.320 e. The van der Waals surface area contributed by atoms with Crippen LogP contribution in [0.25, 0.3) is 0 Å². The molecule has 3 rings (SSSR count). The number of nitrogens with one attached hydrogen (secondary N) is 1. The third-order valence-electron chi connectivity index (χ3n) is 4.36. The van der Waals surface area contributed by atoms with Gasteiger partial charge in [0.2, 0.25) is 5.91 Å². The summed E-state index contributed by atoms with van der Waals surface area (Å²) >= 11 is 1.80. The van der Waals surface area contributed by atoms with E-state index in [0.717, 1.165) is 25.8 Å². The fourth-order valence-electron chi connectivity index (χ4n) is 3.00. The van der Waals surface area contributed by atoms with Crippen LogP contribution in [-0.4, -0.2) is 22.9 Å². The Morgan fingerprint density at radius 1 is 1.45 bits per heavy atom. The third kappa shape index (κ3) is 2.51. The van der Waals surface area contributed by atoms with E-state index in [1.54, 1.807) is 11.3 Å². The first-order chi connectivity index (χ1) is 9.52. The molecule has 0 aromatic carbocycles. The summed E-state index contributed by atoms with van der Waals surface area (Å²) in [7, 11) is 0. The number of rotatable bonds is 5. The van der Waals surface area contributed by atoms with Crippen molar-refractivity contribution in [2.75, 3.05) is 6.54 Å². The van der Waals surface area contributed by atoms with E-state index in [-0.39, 0.29) is 11.7 Å². The molecule has 2 aliphatic rings. The number of carbonyl (C=O) groups is 1. The van der Waals surface area contributed by atoms with E-state index >= 15 is 0 Å². The molecule has 1 aliphatic carbocycles. The quantitative estimate of drug-likeness (QED) is 0.901. The molecule has 20 heavy (non-hydrogen) atoms. The molecule has 2 heterocycles. The highest BCUT2D eigenvalue weighted by Crippen LogP contribution is 2.46. The first kappa shape index (κ1) is 14.1. The maximum Gasteiger partial charge on any atom is 0.244 e. The lowest BCUT2D eigenvalue weighted by Gasteiger charge is -2.23. The molecule has 1 amide bonds. The molecule has 4 heteroatoms. The summed E-state index contributed by atoms with van der Waals surface area (Å²) in [6.45, 7) is 7.49. The number of thiophene rings is 1. The normalized spacial score (nSPS) is 24.1. The molecule has 3 nitrogen and oxygen atoms in total. The zero-order chi connectivity index (χ0) is 14.3. The monoisotopic (exact) mass is 292 g/mol. The van der Waals surface area contributed by atoms with Gasteiger partial charge in [-0.25, -0.2) is 0 Å². The molecule has 1 unspecified atom stereocenters. The molecular weight excluding hydrogens is 268 g/mol. The van der Waals surface area contributed by atoms with Crippen LogP contribution in [0.2, 0.25) is 0 Å². The van der Waals surface area contributed by atoms with Crippen LogP contribution < -0.4 is 5.32 Å². The number of amides is 1. The molecule has 1 aromatic rings. The highest BCUT2D eigenvalue weighted by molar-refractivity contribution is 7.12. The van der Waals surface area contributed by atoms with Crippen molar-refractivity contribution in [3.63, 3.8) is 0 Å². The van der Waals surface area contributed by atoms with Crippen molar-refractivity contribution in [2.24, 2.45) is 5.92 Å². The van der Waals surface area contributed by atoms with Crippen molar-refractivity contribution in [1.29, 1.82) is 0 Å². The van der Waals surface area contributed by atoms with Crippen LogP contribution in [0.5, 0.6) is 0 Å². The van der Waals surface area contributed by atoms with E-state index < -0.39 is 0 Å². The Hall–Kier alpha value is -0.870. The number of hydrogen-bond donors (Lipinski definition) is 1. The average molecular weight is 292 g/mol. The van der Waals surface area contributed by atoms with Crippen LogP contribution in [0.15, 0.2) is 12.1 Å². The topological polar surface area (TPSA) is 32.3 Å². The fourth-order valence-corrected chi connectivity index (χ4v) is 3.94. The van der Waals surface area contributed by atoms with Crippen molar-refractivity contribution in [3.8, 4) is 0 Å². The molecule has 0 bridgehead atoms. The Kier molecular flexibility index (Phi) is 3.63. The van der Waals surface area contributed by atoms with Gasteiger partial charge < -0.3 is 4.90 Å². The molecule has 1 aliphatic heterocycles. The SMILES string of the molecule is Cc1ccc(C2NC3(CC3)C(=O)N2CCCC(C)C)s1. The van der Waals surface area contributed by atoms with E-state index in [4.69, 9.17) is 0 Å². The molecule has 0 radical (unpaired) electrons. The van der Waals surface area contributed by atoms with E-state index in [0.29, 0.717) is 11.8 Å². The molecule has 1 spiro atoms. The predicted molar refractivity (Wildman–Crippen MR) is 82.7 cm³/mol. The Bertz CT molecular complexity index is 504. The summed E-state index contributed by atoms with van der Waals surface area (Å²) in [6.07, 6.45) is 4.41. The van der Waals surface area contributed by atoms with E-state index in [1.165, 1.54) is 16.2 Å². The van der Waals surface area contributed by atoms with Gasteiger partial charge in [-0.15, -0.1) is 11.3 Å². The average Bonchev–Trinajstić information content (AvgIpc) is 2.97. The van der Waals surface area contributed by atoms with Gasteiger partial charge in [-0.3, -0.25) is 10.1 Å². The van der Waals surface area contributed by atoms with Gasteiger partial charge in [0.15, 0.2) is 0 Å². The molecule has 110 valence electrons. The molecule has 1 aromatic heterocycles. The lowest BCUT2D eigenvalue weighted by Crippen LogP contribution is -2.33. The van der Waals surface area contributed by atoms with Crippen LogP contribution in [0.3, 0.4) is 0 Å². The molecule has 1 N–H and O–H groups in total. The lowest BCUT2D eigenvalue weighted by atomic mass is 10.1. The first-order valence-electron chi connectivity index (χ1n) is 7.67. The lowest BCUT2D eigenvalue weighted by molar-refractivity contribution is -0.130. The van der Waals surface area contributed by atoms with E-state index in [2.05, 4.69) is 43.1 Å². The van der Waals surface area contributed by atoms with Crippen molar-refractivity contribution in [2.45, 2.75) is 58.2 Å². The van der Waals surface area contributed by atoms with Crippen molar-refractivity contribution < 1.29 is 4.79 Å². The van der Waals surface area contributed by atoms with Crippen LogP contribution in [0.4, 0.5) is 0 Å². The van der Waals surface area contributed by atoms with Crippen LogP contribution in [0.1, 0.15) is 55.5 Å². The fraction of sp³-hybridized carbons (Fsp3) is 0.688. The van der Waals surface area contributed by atoms with Gasteiger partial charge in [0.25, 0.3) is 0 Å². The van der Waals surface area contributed by atoms with E-state index in [9.17, 15) is 4.79 Å². The third-order valence-corrected chi connectivity index (χ3v) is 5.41. The number of aryl methyl sites for hydroxylation is 1. The maximum absolute atomic E-state index is 12.6. The van der Waals surface area contributed by atoms with Gasteiger partial charge >= 0.3 is 0 Å². The summed E-state index contributed by atoms with van der Waals surface area (Å²) in [6, 6.07) is 4.32. The van der Waals surface area contributed by atoms with Gasteiger partial charge in [0.05, 0.1) is 0 Å². The zero-order valence-electron chi connectivity index (χ0n) is 12.6. The van der Waals surface area contributed by atoms with Gasteiger partial charge in [0.1, 0.15) is 11.7 Å². The van der Waals surface area contributed by atoms with Crippen LogP contribution in [-0.2, 0) is 4.79 Å². The summed E-state index contributed by atoms with van der Waals surface area (Å²) in [4.78, 5) is 17.3. The summed E-state index contributed by atoms with van der Waals surface area (Å²) in [5, 5.41) is 3.60. The molecule has 1 saturated heterocycles. The van der Waals surface area contributed by atoms with Crippen molar-refractivity contribution >= 4 is 17.2 Å². The van der Waals surface area contributed by atoms with Gasteiger partial charge in [-0.05, 0) is 50.7 Å². The Labute approximate surface area is 125 Å². The van der Waals surface area contributed by atoms with Crippen molar-refractivity contribution in [1.82, 2.24) is 10.2 Å². The molecule has 1 atom stereocenters. The highest BCUT2D eigenvalue weighted by Gasteiger charge is 2.59. The number of nitrogens with zero attached hydrogens (tertiary/aromatic N) is 1. The second kappa shape index (κ2) is 5.15. The molecular formula is C16H24N2OS. The van der Waals surface area contributed by atoms with Gasteiger partial charge in [-0.1, -0.05) is 13.8 Å². The number of carbonyl (C=O) groups excluding carboxylic acids is 1. The Morgan fingerprint density at radius 2 is 2.20 bits per heavy atom. The predicted octanol–water partition coefficient (Wildman–Crippen LogP) is 3.46. The standard InChI is InChI=1S/C16H24N2OS/c1-11(2)5-4-10-18-14(13-7-6-12(3)20-13)17-16(8-9-16)15(18)19/h6-7,11,14,17H,4-5,8-10H2,1-3H3. The van der Waals surface area contributed by atoms with Gasteiger partial charge in [-0.2, -0.15) is 0 Å². The molecule has 2 fully saturated rings. The summed E-state index contributed by atoms with van der Waals surface area (Å²) < 4.78 is 0. The summed E-state index contributed by atoms with van der Waals surface area (Å²) in [5.41, 5.74) is -0.208. The van der Waals surface area contributed by atoms with E-state index in [1.807, 2.05) is 0 Å². The van der Waals surface area contributed by atoms with Crippen LogP contribution >= 0.6 is 11.3 Å². The maximum atomic E-state index is 12.6. The second-order valence-electron chi connectivity index (χ2n) is 6.61. The summed E-state index contributed by atoms with van der Waals surface area (Å²) in [5.74, 6) is 1.04. The van der Waals surface area contributed by atoms with Crippen molar-refractivity contribution in [3.05, 3.63) is 21.9 Å². The highest BCUT2D eigenvalue weighted by atomic mass is 32.1. The largest absolute Gasteiger partial charge is 0.320 e. The Morgan fingerprint density at radius 3 is 2.75 bits per heavy atom. The van der Waals surface area contributed by atoms with Crippen LogP contribution in [0, 0.1) is 12.8 Å². The smallest absolute Gasteiger partial charge is 0.244 e. The zero-order valence-corrected chi connectivity index (χ0v) is 13.4.